The molecule has 3 rings (SSSR count). The summed E-state index contributed by atoms with van der Waals surface area (Å²) in [4.78, 5) is 10.8. The Morgan fingerprint density at radius 2 is 1.33 bits per heavy atom. The minimum Gasteiger partial charge on any atom is -0.507 e. The third-order valence-corrected chi connectivity index (χ3v) is 5.95. The summed E-state index contributed by atoms with van der Waals surface area (Å²) in [6, 6.07) is 16.7. The summed E-state index contributed by atoms with van der Waals surface area (Å²) in [6.07, 6.45) is 0. The molecule has 0 saturated heterocycles. The number of nitrogens with zero attached hydrogens (tertiary/aromatic N) is 1. The van der Waals surface area contributed by atoms with Gasteiger partial charge in [0.15, 0.2) is 0 Å². The van der Waals surface area contributed by atoms with Crippen LogP contribution in [0.15, 0.2) is 69.6 Å². The third kappa shape index (κ3) is 3.57. The summed E-state index contributed by atoms with van der Waals surface area (Å²) in [7, 11) is 0. The lowest BCUT2D eigenvalue weighted by molar-refractivity contribution is -0.384. The number of phenolic OH excluding ortho intramolecular Hbond substituents is 2. The molecular formula is C20H15Br2NO4. The zero-order valence-electron chi connectivity index (χ0n) is 14.2. The fourth-order valence-electron chi connectivity index (χ4n) is 3.07. The van der Waals surface area contributed by atoms with Crippen LogP contribution in [0.25, 0.3) is 0 Å². The maximum atomic E-state index is 11.3. The van der Waals surface area contributed by atoms with Gasteiger partial charge < -0.3 is 10.2 Å². The Morgan fingerprint density at radius 3 is 1.78 bits per heavy atom. The molecule has 0 aliphatic heterocycles. The van der Waals surface area contributed by atoms with Crippen LogP contribution in [0, 0.1) is 10.1 Å². The van der Waals surface area contributed by atoms with Crippen LogP contribution in [0.2, 0.25) is 0 Å². The second kappa shape index (κ2) is 7.32. The molecule has 2 N–H and O–H groups in total. The number of rotatable bonds is 4. The summed E-state index contributed by atoms with van der Waals surface area (Å²) < 4.78 is 1.05. The first kappa shape index (κ1) is 19.4. The van der Waals surface area contributed by atoms with Crippen LogP contribution in [0.3, 0.4) is 0 Å². The van der Waals surface area contributed by atoms with Crippen LogP contribution in [-0.4, -0.2) is 15.1 Å². The Hall–Kier alpha value is -2.38. The van der Waals surface area contributed by atoms with Gasteiger partial charge in [-0.25, -0.2) is 0 Å². The highest BCUT2D eigenvalue weighted by Gasteiger charge is 2.33. The van der Waals surface area contributed by atoms with Crippen molar-refractivity contribution in [2.24, 2.45) is 0 Å². The Labute approximate surface area is 172 Å². The summed E-state index contributed by atoms with van der Waals surface area (Å²) in [5.74, 6) is 0.207. The van der Waals surface area contributed by atoms with E-state index >= 15 is 0 Å². The molecule has 0 aromatic heterocycles. The van der Waals surface area contributed by atoms with E-state index in [4.69, 9.17) is 0 Å². The molecule has 0 unspecified atom stereocenters. The van der Waals surface area contributed by atoms with E-state index in [-0.39, 0.29) is 17.2 Å². The van der Waals surface area contributed by atoms with Crippen molar-refractivity contribution < 1.29 is 15.1 Å². The average molecular weight is 493 g/mol. The van der Waals surface area contributed by atoms with Gasteiger partial charge in [-0.15, -0.1) is 0 Å². The summed E-state index contributed by atoms with van der Waals surface area (Å²) >= 11 is 6.68. The summed E-state index contributed by atoms with van der Waals surface area (Å²) in [5, 5.41) is 31.0. The SMILES string of the molecule is CC(c1cccc([N+](=O)[O-])c1)(c1ccc(O)c(Br)c1)c1ccc(O)c(Br)c1. The van der Waals surface area contributed by atoms with E-state index < -0.39 is 10.3 Å². The van der Waals surface area contributed by atoms with Gasteiger partial charge in [0.05, 0.1) is 13.9 Å². The summed E-state index contributed by atoms with van der Waals surface area (Å²) in [6.45, 7) is 1.95. The number of hydrogen-bond acceptors (Lipinski definition) is 4. The molecule has 5 nitrogen and oxygen atoms in total. The molecule has 3 aromatic rings. The quantitative estimate of drug-likeness (QED) is 0.270. The number of nitro benzene ring substituents is 1. The highest BCUT2D eigenvalue weighted by Crippen LogP contribution is 2.43. The normalized spacial score (nSPS) is 11.4. The molecule has 0 bridgehead atoms. The average Bonchev–Trinajstić information content (AvgIpc) is 2.65. The number of nitro groups is 1. The first-order chi connectivity index (χ1) is 12.7. The molecule has 0 amide bonds. The minimum absolute atomic E-state index is 0.00517. The second-order valence-corrected chi connectivity index (χ2v) is 7.97. The molecule has 0 aliphatic carbocycles. The van der Waals surface area contributed by atoms with Gasteiger partial charge in [0.2, 0.25) is 0 Å². The van der Waals surface area contributed by atoms with Crippen molar-refractivity contribution in [3.63, 3.8) is 0 Å². The standard InChI is InChI=1S/C20H15Br2NO4/c1-20(13-5-7-18(24)16(21)10-13,14-6-8-19(25)17(22)11-14)12-3-2-4-15(9-12)23(26)27/h2-11,24-25H,1H3. The number of phenols is 2. The molecule has 0 heterocycles. The number of benzene rings is 3. The van der Waals surface area contributed by atoms with Gasteiger partial charge in [0.1, 0.15) is 11.5 Å². The molecule has 27 heavy (non-hydrogen) atoms. The largest absolute Gasteiger partial charge is 0.507 e. The fourth-order valence-corrected chi connectivity index (χ4v) is 3.82. The molecule has 0 aliphatic rings. The van der Waals surface area contributed by atoms with Gasteiger partial charge in [-0.1, -0.05) is 24.3 Å². The predicted octanol–water partition coefficient (Wildman–Crippen LogP) is 5.89. The van der Waals surface area contributed by atoms with Crippen molar-refractivity contribution in [3.8, 4) is 11.5 Å². The van der Waals surface area contributed by atoms with Crippen LogP contribution >= 0.6 is 31.9 Å². The third-order valence-electron chi connectivity index (χ3n) is 4.68. The fraction of sp³-hybridized carbons (Fsp3) is 0.100. The van der Waals surface area contributed by atoms with Crippen LogP contribution in [-0.2, 0) is 5.41 Å². The molecular weight excluding hydrogens is 478 g/mol. The molecule has 0 atom stereocenters. The number of halogens is 2. The van der Waals surface area contributed by atoms with Crippen molar-refractivity contribution in [1.82, 2.24) is 0 Å². The molecule has 138 valence electrons. The Kier molecular flexibility index (Phi) is 5.26. The van der Waals surface area contributed by atoms with Gasteiger partial charge in [0, 0.05) is 17.5 Å². The van der Waals surface area contributed by atoms with Crippen LogP contribution < -0.4 is 0 Å². The van der Waals surface area contributed by atoms with Crippen molar-refractivity contribution >= 4 is 37.5 Å². The Morgan fingerprint density at radius 1 is 0.852 bits per heavy atom. The van der Waals surface area contributed by atoms with E-state index in [1.165, 1.54) is 6.07 Å². The van der Waals surface area contributed by atoms with Gasteiger partial charge in [-0.05, 0) is 79.7 Å². The smallest absolute Gasteiger partial charge is 0.269 e. The van der Waals surface area contributed by atoms with Gasteiger partial charge in [-0.2, -0.15) is 0 Å². The summed E-state index contributed by atoms with van der Waals surface area (Å²) in [5.41, 5.74) is 1.59. The first-order valence-electron chi connectivity index (χ1n) is 7.96. The predicted molar refractivity (Wildman–Crippen MR) is 110 cm³/mol. The maximum Gasteiger partial charge on any atom is 0.269 e. The maximum absolute atomic E-state index is 11.3. The number of aromatic hydroxyl groups is 2. The van der Waals surface area contributed by atoms with Crippen LogP contribution in [0.1, 0.15) is 23.6 Å². The molecule has 0 radical (unpaired) electrons. The van der Waals surface area contributed by atoms with E-state index in [9.17, 15) is 20.3 Å². The number of hydrogen-bond donors (Lipinski definition) is 2. The zero-order valence-corrected chi connectivity index (χ0v) is 17.4. The van der Waals surface area contributed by atoms with E-state index in [2.05, 4.69) is 31.9 Å². The van der Waals surface area contributed by atoms with E-state index in [0.29, 0.717) is 14.5 Å². The van der Waals surface area contributed by atoms with E-state index in [1.54, 1.807) is 48.5 Å². The topological polar surface area (TPSA) is 83.6 Å². The second-order valence-electron chi connectivity index (χ2n) is 6.26. The molecule has 3 aromatic carbocycles. The van der Waals surface area contributed by atoms with Gasteiger partial charge in [0.25, 0.3) is 5.69 Å². The monoisotopic (exact) mass is 491 g/mol. The van der Waals surface area contributed by atoms with Crippen LogP contribution in [0.5, 0.6) is 11.5 Å². The van der Waals surface area contributed by atoms with Gasteiger partial charge >= 0.3 is 0 Å². The highest BCUT2D eigenvalue weighted by atomic mass is 79.9. The molecule has 0 spiro atoms. The van der Waals surface area contributed by atoms with Crippen molar-refractivity contribution in [3.05, 3.63) is 96.4 Å². The van der Waals surface area contributed by atoms with E-state index in [1.807, 2.05) is 13.0 Å². The first-order valence-corrected chi connectivity index (χ1v) is 9.55. The van der Waals surface area contributed by atoms with Crippen LogP contribution in [0.4, 0.5) is 5.69 Å². The molecule has 0 saturated carbocycles. The zero-order chi connectivity index (χ0) is 19.8. The molecule has 0 fully saturated rings. The van der Waals surface area contributed by atoms with Gasteiger partial charge in [-0.3, -0.25) is 10.1 Å². The van der Waals surface area contributed by atoms with Crippen molar-refractivity contribution in [2.75, 3.05) is 0 Å². The van der Waals surface area contributed by atoms with Crippen molar-refractivity contribution in [2.45, 2.75) is 12.3 Å². The lowest BCUT2D eigenvalue weighted by atomic mass is 9.71. The lowest BCUT2D eigenvalue weighted by Crippen LogP contribution is -2.25. The lowest BCUT2D eigenvalue weighted by Gasteiger charge is -2.32. The van der Waals surface area contributed by atoms with Crippen molar-refractivity contribution in [1.29, 1.82) is 0 Å². The minimum atomic E-state index is -0.765. The highest BCUT2D eigenvalue weighted by molar-refractivity contribution is 9.10. The molecule has 7 heteroatoms. The Bertz CT molecular complexity index is 985. The Balaban J connectivity index is 2.31. The van der Waals surface area contributed by atoms with E-state index in [0.717, 1.165) is 11.1 Å². The number of non-ortho nitro benzene ring substituents is 1.